The van der Waals surface area contributed by atoms with E-state index in [0.717, 1.165) is 45.7 Å². The van der Waals surface area contributed by atoms with Crippen LogP contribution in [0.2, 0.25) is 0 Å². The molecule has 1 amide bonds. The third kappa shape index (κ3) is 5.48. The summed E-state index contributed by atoms with van der Waals surface area (Å²) >= 11 is 0. The van der Waals surface area contributed by atoms with Crippen molar-refractivity contribution in [2.45, 2.75) is 25.6 Å². The Labute approximate surface area is 204 Å². The second-order valence-corrected chi connectivity index (χ2v) is 8.23. The molecule has 2 aromatic carbocycles. The second-order valence-electron chi connectivity index (χ2n) is 8.23. The number of nitrogens with zero attached hydrogens (tertiary/aromatic N) is 1. The van der Waals surface area contributed by atoms with Crippen LogP contribution in [0.15, 0.2) is 66.7 Å². The number of para-hydroxylation sites is 1. The van der Waals surface area contributed by atoms with Crippen molar-refractivity contribution in [1.82, 2.24) is 15.3 Å². The third-order valence-corrected chi connectivity index (χ3v) is 5.72. The van der Waals surface area contributed by atoms with E-state index in [1.165, 1.54) is 5.56 Å². The molecular formula is C26H23F3N4O3. The van der Waals surface area contributed by atoms with Crippen molar-refractivity contribution in [3.05, 3.63) is 83.6 Å². The van der Waals surface area contributed by atoms with Crippen LogP contribution in [0.1, 0.15) is 34.6 Å². The summed E-state index contributed by atoms with van der Waals surface area (Å²) < 4.78 is 31.7. The third-order valence-electron chi connectivity index (χ3n) is 5.72. The number of halogens is 3. The van der Waals surface area contributed by atoms with Gasteiger partial charge in [0.1, 0.15) is 5.82 Å². The SMILES string of the molecule is C[C@@H](Nc1ccc2cccc(-c3cc4c([nH]3)CCNC4=O)c2n1)c1ccccc1.O=C(O)C(F)(F)F. The lowest BCUT2D eigenvalue weighted by molar-refractivity contribution is -0.192. The van der Waals surface area contributed by atoms with Crippen LogP contribution in [0.4, 0.5) is 19.0 Å². The summed E-state index contributed by atoms with van der Waals surface area (Å²) in [6.07, 6.45) is -4.26. The Kier molecular flexibility index (Phi) is 6.96. The summed E-state index contributed by atoms with van der Waals surface area (Å²) in [5, 5.41) is 14.6. The molecule has 0 saturated carbocycles. The molecule has 7 nitrogen and oxygen atoms in total. The summed E-state index contributed by atoms with van der Waals surface area (Å²) in [7, 11) is 0. The molecule has 4 N–H and O–H groups in total. The molecule has 1 aliphatic rings. The summed E-state index contributed by atoms with van der Waals surface area (Å²) in [4.78, 5) is 29.4. The van der Waals surface area contributed by atoms with Crippen LogP contribution < -0.4 is 10.6 Å². The molecule has 0 spiro atoms. The minimum absolute atomic E-state index is 0.0130. The van der Waals surface area contributed by atoms with Crippen molar-refractivity contribution in [3.63, 3.8) is 0 Å². The van der Waals surface area contributed by atoms with Crippen molar-refractivity contribution < 1.29 is 27.9 Å². The number of carbonyl (C=O) groups is 2. The summed E-state index contributed by atoms with van der Waals surface area (Å²) in [6, 6.07) is 22.7. The topological polar surface area (TPSA) is 107 Å². The molecule has 1 atom stereocenters. The lowest BCUT2D eigenvalue weighted by Gasteiger charge is -2.16. The van der Waals surface area contributed by atoms with Gasteiger partial charge in [-0.25, -0.2) is 9.78 Å². The fraction of sp³-hybridized carbons (Fsp3) is 0.192. The van der Waals surface area contributed by atoms with Crippen LogP contribution in [0.25, 0.3) is 22.2 Å². The van der Waals surface area contributed by atoms with Gasteiger partial charge in [0.25, 0.3) is 5.91 Å². The van der Waals surface area contributed by atoms with Crippen LogP contribution in [0.3, 0.4) is 0 Å². The average Bonchev–Trinajstić information content (AvgIpc) is 3.29. The lowest BCUT2D eigenvalue weighted by Crippen LogP contribution is -2.31. The van der Waals surface area contributed by atoms with E-state index in [1.54, 1.807) is 0 Å². The number of H-pyrrole nitrogens is 1. The maximum atomic E-state index is 12.1. The Hall–Kier alpha value is -4.34. The van der Waals surface area contributed by atoms with E-state index in [1.807, 2.05) is 36.4 Å². The summed E-state index contributed by atoms with van der Waals surface area (Å²) in [6.45, 7) is 2.80. The smallest absolute Gasteiger partial charge is 0.475 e. The van der Waals surface area contributed by atoms with Gasteiger partial charge in [-0.2, -0.15) is 13.2 Å². The van der Waals surface area contributed by atoms with E-state index < -0.39 is 12.1 Å². The highest BCUT2D eigenvalue weighted by Gasteiger charge is 2.38. The Morgan fingerprint density at radius 3 is 2.44 bits per heavy atom. The number of rotatable bonds is 4. The van der Waals surface area contributed by atoms with Crippen LogP contribution in [0.5, 0.6) is 0 Å². The van der Waals surface area contributed by atoms with Gasteiger partial charge in [0.05, 0.1) is 11.1 Å². The molecule has 0 bridgehead atoms. The standard InChI is InChI=1S/C24H22N4O.C2HF3O2/c1-15(16-6-3-2-4-7-16)26-22-11-10-17-8-5-9-18(23(17)28-22)21-14-19-20(27-21)12-13-25-24(19)29;3-2(4,5)1(6)7/h2-11,14-15,27H,12-13H2,1H3,(H,25,29)(H,26,28);(H,6,7)/t15-;/m1./s1. The highest BCUT2D eigenvalue weighted by atomic mass is 19.4. The molecule has 0 aliphatic carbocycles. The van der Waals surface area contributed by atoms with Gasteiger partial charge in [-0.1, -0.05) is 48.5 Å². The van der Waals surface area contributed by atoms with Crippen LogP contribution in [-0.4, -0.2) is 39.7 Å². The number of alkyl halides is 3. The monoisotopic (exact) mass is 496 g/mol. The number of pyridine rings is 1. The molecular weight excluding hydrogens is 473 g/mol. The van der Waals surface area contributed by atoms with Crippen LogP contribution in [-0.2, 0) is 11.2 Å². The van der Waals surface area contributed by atoms with Crippen molar-refractivity contribution >= 4 is 28.6 Å². The largest absolute Gasteiger partial charge is 0.490 e. The zero-order chi connectivity index (χ0) is 25.9. The van der Waals surface area contributed by atoms with Gasteiger partial charge < -0.3 is 20.7 Å². The number of nitrogens with one attached hydrogen (secondary N) is 3. The zero-order valence-corrected chi connectivity index (χ0v) is 19.2. The number of carboxylic acid groups (broad SMARTS) is 1. The minimum Gasteiger partial charge on any atom is -0.475 e. The lowest BCUT2D eigenvalue weighted by atomic mass is 10.1. The number of benzene rings is 2. The van der Waals surface area contributed by atoms with Crippen molar-refractivity contribution in [1.29, 1.82) is 0 Å². The van der Waals surface area contributed by atoms with E-state index in [-0.39, 0.29) is 11.9 Å². The molecule has 0 radical (unpaired) electrons. The van der Waals surface area contributed by atoms with Crippen LogP contribution in [0, 0.1) is 0 Å². The molecule has 1 aliphatic heterocycles. The molecule has 10 heteroatoms. The predicted octanol–water partition coefficient (Wildman–Crippen LogP) is 5.32. The highest BCUT2D eigenvalue weighted by Crippen LogP contribution is 2.31. The summed E-state index contributed by atoms with van der Waals surface area (Å²) in [5.74, 6) is -1.94. The Morgan fingerprint density at radius 2 is 1.78 bits per heavy atom. The zero-order valence-electron chi connectivity index (χ0n) is 19.2. The number of amides is 1. The summed E-state index contributed by atoms with van der Waals surface area (Å²) in [5.41, 5.74) is 5.78. The number of aromatic amines is 1. The molecule has 2 aromatic heterocycles. The first-order valence-electron chi connectivity index (χ1n) is 11.2. The van der Waals surface area contributed by atoms with E-state index in [2.05, 4.69) is 52.9 Å². The fourth-order valence-electron chi connectivity index (χ4n) is 3.93. The molecule has 36 heavy (non-hydrogen) atoms. The van der Waals surface area contributed by atoms with Gasteiger partial charge in [0.2, 0.25) is 0 Å². The van der Waals surface area contributed by atoms with E-state index in [4.69, 9.17) is 14.9 Å². The molecule has 4 aromatic rings. The maximum Gasteiger partial charge on any atom is 0.490 e. The minimum atomic E-state index is -5.08. The van der Waals surface area contributed by atoms with E-state index in [9.17, 15) is 18.0 Å². The molecule has 0 unspecified atom stereocenters. The van der Waals surface area contributed by atoms with E-state index in [0.29, 0.717) is 6.54 Å². The van der Waals surface area contributed by atoms with Crippen molar-refractivity contribution in [3.8, 4) is 11.3 Å². The van der Waals surface area contributed by atoms with Gasteiger partial charge in [0.15, 0.2) is 0 Å². The molecule has 0 saturated heterocycles. The average molecular weight is 496 g/mol. The first-order chi connectivity index (χ1) is 17.1. The van der Waals surface area contributed by atoms with Gasteiger partial charge in [0, 0.05) is 41.3 Å². The number of anilines is 1. The number of hydrogen-bond acceptors (Lipinski definition) is 4. The Bertz CT molecular complexity index is 1400. The number of fused-ring (bicyclic) bond motifs is 2. The number of carboxylic acids is 1. The highest BCUT2D eigenvalue weighted by molar-refractivity contribution is 6.00. The molecule has 3 heterocycles. The predicted molar refractivity (Wildman–Crippen MR) is 130 cm³/mol. The quantitative estimate of drug-likeness (QED) is 0.306. The maximum absolute atomic E-state index is 12.1. The second kappa shape index (κ2) is 10.1. The number of aliphatic carboxylic acids is 1. The normalized spacial score (nSPS) is 13.7. The van der Waals surface area contributed by atoms with Crippen molar-refractivity contribution in [2.24, 2.45) is 0 Å². The van der Waals surface area contributed by atoms with Gasteiger partial charge in [-0.05, 0) is 30.7 Å². The first-order valence-corrected chi connectivity index (χ1v) is 11.2. The first kappa shape index (κ1) is 24.8. The van der Waals surface area contributed by atoms with Gasteiger partial charge >= 0.3 is 12.1 Å². The molecule has 186 valence electrons. The van der Waals surface area contributed by atoms with Crippen molar-refractivity contribution in [2.75, 3.05) is 11.9 Å². The fourth-order valence-corrected chi connectivity index (χ4v) is 3.93. The van der Waals surface area contributed by atoms with Crippen LogP contribution >= 0.6 is 0 Å². The molecule has 0 fully saturated rings. The Balaban J connectivity index is 0.000000384. The van der Waals surface area contributed by atoms with Gasteiger partial charge in [-0.15, -0.1) is 0 Å². The number of aromatic nitrogens is 2. The Morgan fingerprint density at radius 1 is 1.06 bits per heavy atom. The number of hydrogen-bond donors (Lipinski definition) is 4. The molecule has 5 rings (SSSR count). The van der Waals surface area contributed by atoms with E-state index >= 15 is 0 Å². The van der Waals surface area contributed by atoms with Gasteiger partial charge in [-0.3, -0.25) is 4.79 Å². The number of carbonyl (C=O) groups excluding carboxylic acids is 1.